The largest absolute Gasteiger partial charge is 0.501 e. The molecule has 0 aliphatic carbocycles. The lowest BCUT2D eigenvalue weighted by Gasteiger charge is -2.41. The molecule has 2 aromatic rings. The zero-order valence-electron chi connectivity index (χ0n) is 17.6. The van der Waals surface area contributed by atoms with Gasteiger partial charge in [0.05, 0.1) is 4.90 Å². The van der Waals surface area contributed by atoms with Gasteiger partial charge in [0.15, 0.2) is 15.5 Å². The summed E-state index contributed by atoms with van der Waals surface area (Å²) in [6.07, 6.45) is 3.84. The summed E-state index contributed by atoms with van der Waals surface area (Å²) in [4.78, 5) is 29.8. The van der Waals surface area contributed by atoms with Gasteiger partial charge in [0.1, 0.15) is 11.6 Å². The van der Waals surface area contributed by atoms with Crippen molar-refractivity contribution in [2.45, 2.75) is 49.1 Å². The number of halogens is 1. The predicted octanol–water partition coefficient (Wildman–Crippen LogP) is 1.26. The van der Waals surface area contributed by atoms with E-state index in [9.17, 15) is 27.5 Å². The van der Waals surface area contributed by atoms with Crippen molar-refractivity contribution < 1.29 is 27.4 Å². The standard InChI is InChI=1S/C21H24FN3O6S/c1-32(29,30)15-11-14(22)4-3-13(15)12-23-18(27)16-17(26)19(28)25-8-2-5-21(20(25)24-16)6-9-31-10-7-21/h3-4,11,26H,2,5-10,12H2,1H3,(H,23,27). The Morgan fingerprint density at radius 1 is 1.31 bits per heavy atom. The molecule has 0 unspecified atom stereocenters. The van der Waals surface area contributed by atoms with Crippen molar-refractivity contribution in [1.82, 2.24) is 14.9 Å². The molecule has 1 fully saturated rings. The average Bonchev–Trinajstić information content (AvgIpc) is 2.75. The van der Waals surface area contributed by atoms with Gasteiger partial charge < -0.3 is 15.2 Å². The Morgan fingerprint density at radius 3 is 2.72 bits per heavy atom. The molecule has 1 spiro atoms. The van der Waals surface area contributed by atoms with Gasteiger partial charge in [-0.05, 0) is 43.4 Å². The minimum atomic E-state index is -3.74. The number of aromatic nitrogens is 2. The highest BCUT2D eigenvalue weighted by Crippen LogP contribution is 2.40. The van der Waals surface area contributed by atoms with Crippen molar-refractivity contribution in [3.05, 3.63) is 51.5 Å². The van der Waals surface area contributed by atoms with E-state index in [4.69, 9.17) is 4.74 Å². The van der Waals surface area contributed by atoms with Crippen LogP contribution in [-0.4, -0.2) is 48.5 Å². The molecule has 0 atom stereocenters. The van der Waals surface area contributed by atoms with Crippen LogP contribution < -0.4 is 10.9 Å². The number of carbonyl (C=O) groups is 1. The highest BCUT2D eigenvalue weighted by Gasteiger charge is 2.41. The van der Waals surface area contributed by atoms with Crippen molar-refractivity contribution in [1.29, 1.82) is 0 Å². The molecule has 11 heteroatoms. The first-order valence-electron chi connectivity index (χ1n) is 10.3. The molecule has 1 amide bonds. The molecule has 1 saturated heterocycles. The van der Waals surface area contributed by atoms with Crippen molar-refractivity contribution in [3.63, 3.8) is 0 Å². The number of rotatable bonds is 4. The van der Waals surface area contributed by atoms with Gasteiger partial charge in [0.25, 0.3) is 11.5 Å². The maximum Gasteiger partial charge on any atom is 0.296 e. The summed E-state index contributed by atoms with van der Waals surface area (Å²) in [6.45, 7) is 1.21. The quantitative estimate of drug-likeness (QED) is 0.696. The van der Waals surface area contributed by atoms with E-state index in [1.54, 1.807) is 0 Å². The molecule has 172 valence electrons. The van der Waals surface area contributed by atoms with Crippen LogP contribution in [0, 0.1) is 5.82 Å². The molecule has 1 aromatic carbocycles. The second-order valence-corrected chi connectivity index (χ2v) is 10.3. The van der Waals surface area contributed by atoms with Crippen LogP contribution in [0.15, 0.2) is 27.9 Å². The maximum atomic E-state index is 13.5. The summed E-state index contributed by atoms with van der Waals surface area (Å²) in [5.74, 6) is -1.82. The number of hydrogen-bond acceptors (Lipinski definition) is 7. The van der Waals surface area contributed by atoms with Gasteiger partial charge in [-0.3, -0.25) is 14.2 Å². The zero-order chi connectivity index (χ0) is 23.1. The number of carbonyl (C=O) groups excluding carboxylic acids is 1. The van der Waals surface area contributed by atoms with E-state index < -0.39 is 44.0 Å². The number of aromatic hydroxyl groups is 1. The number of nitrogens with one attached hydrogen (secondary N) is 1. The second-order valence-electron chi connectivity index (χ2n) is 8.29. The predicted molar refractivity (Wildman–Crippen MR) is 112 cm³/mol. The molecule has 2 aliphatic heterocycles. The Bertz CT molecular complexity index is 1230. The van der Waals surface area contributed by atoms with Crippen molar-refractivity contribution in [2.75, 3.05) is 19.5 Å². The minimum absolute atomic E-state index is 0.178. The fraction of sp³-hybridized carbons (Fsp3) is 0.476. The second kappa shape index (κ2) is 8.28. The summed E-state index contributed by atoms with van der Waals surface area (Å²) >= 11 is 0. The van der Waals surface area contributed by atoms with Crippen LogP contribution in [-0.2, 0) is 33.1 Å². The Labute approximate surface area is 184 Å². The molecule has 1 aromatic heterocycles. The normalized spacial score (nSPS) is 17.7. The third-order valence-electron chi connectivity index (χ3n) is 6.19. The number of fused-ring (bicyclic) bond motifs is 2. The Hall–Kier alpha value is -2.79. The van der Waals surface area contributed by atoms with E-state index >= 15 is 0 Å². The van der Waals surface area contributed by atoms with Crippen LogP contribution in [0.5, 0.6) is 5.75 Å². The van der Waals surface area contributed by atoms with E-state index in [1.807, 2.05) is 0 Å². The van der Waals surface area contributed by atoms with Gasteiger partial charge >= 0.3 is 0 Å². The van der Waals surface area contributed by atoms with Crippen LogP contribution in [0.1, 0.15) is 47.6 Å². The first-order chi connectivity index (χ1) is 15.1. The number of hydrogen-bond donors (Lipinski definition) is 2. The van der Waals surface area contributed by atoms with Gasteiger partial charge in [-0.15, -0.1) is 0 Å². The molecule has 9 nitrogen and oxygen atoms in total. The third-order valence-corrected chi connectivity index (χ3v) is 7.37. The fourth-order valence-electron chi connectivity index (χ4n) is 4.52. The lowest BCUT2D eigenvalue weighted by Crippen LogP contribution is -2.45. The number of ether oxygens (including phenoxy) is 1. The van der Waals surface area contributed by atoms with Crippen molar-refractivity contribution >= 4 is 15.7 Å². The van der Waals surface area contributed by atoms with E-state index in [0.717, 1.165) is 31.2 Å². The molecule has 0 bridgehead atoms. The van der Waals surface area contributed by atoms with Crippen LogP contribution in [0.4, 0.5) is 4.39 Å². The molecule has 4 rings (SSSR count). The first-order valence-corrected chi connectivity index (χ1v) is 12.2. The molecule has 2 N–H and O–H groups in total. The highest BCUT2D eigenvalue weighted by molar-refractivity contribution is 7.90. The van der Waals surface area contributed by atoms with Crippen molar-refractivity contribution in [3.8, 4) is 5.75 Å². The van der Waals surface area contributed by atoms with Gasteiger partial charge in [-0.1, -0.05) is 6.07 Å². The molecule has 32 heavy (non-hydrogen) atoms. The maximum absolute atomic E-state index is 13.5. The lowest BCUT2D eigenvalue weighted by molar-refractivity contribution is 0.0349. The van der Waals surface area contributed by atoms with Gasteiger partial charge in [0, 0.05) is 38.0 Å². The van der Waals surface area contributed by atoms with Crippen LogP contribution >= 0.6 is 0 Å². The number of nitrogens with zero attached hydrogens (tertiary/aromatic N) is 2. The summed E-state index contributed by atoms with van der Waals surface area (Å²) in [5.41, 5.74) is -1.29. The molecule has 0 saturated carbocycles. The summed E-state index contributed by atoms with van der Waals surface area (Å²) in [7, 11) is -3.74. The summed E-state index contributed by atoms with van der Waals surface area (Å²) in [6, 6.07) is 3.23. The highest BCUT2D eigenvalue weighted by atomic mass is 32.2. The minimum Gasteiger partial charge on any atom is -0.501 e. The number of benzene rings is 1. The van der Waals surface area contributed by atoms with Crippen LogP contribution in [0.2, 0.25) is 0 Å². The Kier molecular flexibility index (Phi) is 5.80. The molecular formula is C21H24FN3O6S. The van der Waals surface area contributed by atoms with E-state index in [1.165, 1.54) is 10.6 Å². The first kappa shape index (κ1) is 22.4. The molecule has 3 heterocycles. The SMILES string of the molecule is CS(=O)(=O)c1cc(F)ccc1CNC(=O)c1nc2n(c(=O)c1O)CCCC21CCOCC1. The topological polar surface area (TPSA) is 128 Å². The fourth-order valence-corrected chi connectivity index (χ4v) is 5.46. The van der Waals surface area contributed by atoms with Crippen LogP contribution in [0.3, 0.4) is 0 Å². The molecular weight excluding hydrogens is 441 g/mol. The lowest BCUT2D eigenvalue weighted by atomic mass is 9.73. The monoisotopic (exact) mass is 465 g/mol. The average molecular weight is 466 g/mol. The molecule has 2 aliphatic rings. The smallest absolute Gasteiger partial charge is 0.296 e. The zero-order valence-corrected chi connectivity index (χ0v) is 18.4. The van der Waals surface area contributed by atoms with E-state index in [-0.39, 0.29) is 17.0 Å². The third kappa shape index (κ3) is 4.02. The molecule has 0 radical (unpaired) electrons. The summed E-state index contributed by atoms with van der Waals surface area (Å²) in [5, 5.41) is 12.9. The van der Waals surface area contributed by atoms with E-state index in [0.29, 0.717) is 38.4 Å². The Morgan fingerprint density at radius 2 is 2.03 bits per heavy atom. The van der Waals surface area contributed by atoms with Gasteiger partial charge in [-0.25, -0.2) is 17.8 Å². The number of sulfone groups is 1. The van der Waals surface area contributed by atoms with Gasteiger partial charge in [0.2, 0.25) is 5.75 Å². The van der Waals surface area contributed by atoms with Crippen molar-refractivity contribution in [2.24, 2.45) is 0 Å². The summed E-state index contributed by atoms with van der Waals surface area (Å²) < 4.78 is 44.4. The van der Waals surface area contributed by atoms with Crippen LogP contribution in [0.25, 0.3) is 0 Å². The van der Waals surface area contributed by atoms with Gasteiger partial charge in [-0.2, -0.15) is 0 Å². The Balaban J connectivity index is 1.67. The van der Waals surface area contributed by atoms with E-state index in [2.05, 4.69) is 10.3 Å². The number of amides is 1.